The number of nitrogens with one attached hydrogen (secondary N) is 1. The largest absolute Gasteiger partial charge is 0.378 e. The van der Waals surface area contributed by atoms with E-state index in [2.05, 4.69) is 53.2 Å². The molecular weight excluding hydrogens is 322 g/mol. The second kappa shape index (κ2) is 6.61. The topological polar surface area (TPSA) is 123 Å². The molecule has 0 aliphatic heterocycles. The molecule has 3 rings (SSSR count). The summed E-state index contributed by atoms with van der Waals surface area (Å²) in [6.45, 7) is 2.08. The van der Waals surface area contributed by atoms with Gasteiger partial charge in [0.2, 0.25) is 11.0 Å². The zero-order chi connectivity index (χ0) is 17.2. The minimum absolute atomic E-state index is 0.999. The van der Waals surface area contributed by atoms with Crippen molar-refractivity contribution in [2.45, 2.75) is 6.92 Å². The highest BCUT2D eigenvalue weighted by Gasteiger charge is 2.09. The third-order valence-electron chi connectivity index (χ3n) is 3.16. The smallest absolute Gasteiger partial charge is 0.230 e. The van der Waals surface area contributed by atoms with Crippen LogP contribution in [-0.4, -0.2) is 19.1 Å². The molecule has 0 saturated carbocycles. The van der Waals surface area contributed by atoms with E-state index < -0.39 is 10.2 Å². The molecule has 1 heterocycles. The third-order valence-corrected chi connectivity index (χ3v) is 3.16. The molecule has 0 aliphatic carbocycles. The Labute approximate surface area is 135 Å². The maximum atomic E-state index is 8.49. The molecular formula is C15H16ClN3O4. The number of benzene rings is 2. The van der Waals surface area contributed by atoms with Gasteiger partial charge in [-0.2, -0.15) is 0 Å². The molecule has 3 aromatic rings. The average molecular weight is 338 g/mol. The standard InChI is InChI=1S/C15H15N3.ClHO4/c1-10-4-6-12-14(8-10)17-15-9-11(18(2)3)5-7-13(15)16-12;2-1(3,4)5/h4-9H,1-3H3;(H,2,3,4,5). The molecule has 1 aromatic heterocycles. The van der Waals surface area contributed by atoms with Gasteiger partial charge in [-0.25, -0.2) is 28.6 Å². The second-order valence-corrected chi connectivity index (χ2v) is 5.99. The first-order valence-electron chi connectivity index (χ1n) is 6.66. The lowest BCUT2D eigenvalue weighted by atomic mass is 10.2. The van der Waals surface area contributed by atoms with Gasteiger partial charge >= 0.3 is 0 Å². The van der Waals surface area contributed by atoms with E-state index in [0.29, 0.717) is 0 Å². The Balaban J connectivity index is 0.000000338. The average Bonchev–Trinajstić information content (AvgIpc) is 2.42. The zero-order valence-electron chi connectivity index (χ0n) is 12.9. The van der Waals surface area contributed by atoms with Gasteiger partial charge in [-0.3, -0.25) is 0 Å². The molecule has 0 aliphatic rings. The summed E-state index contributed by atoms with van der Waals surface area (Å²) in [5.41, 5.74) is 6.54. The normalized spacial score (nSPS) is 11.3. The van der Waals surface area contributed by atoms with Crippen LogP contribution in [0, 0.1) is 17.2 Å². The summed E-state index contributed by atoms with van der Waals surface area (Å²) in [6.07, 6.45) is 0. The predicted octanol–water partition coefficient (Wildman–Crippen LogP) is -2.18. The molecule has 0 saturated heterocycles. The monoisotopic (exact) mass is 337 g/mol. The Morgan fingerprint density at radius 3 is 2.00 bits per heavy atom. The number of aromatic amines is 1. The van der Waals surface area contributed by atoms with Gasteiger partial charge in [-0.1, -0.05) is 6.07 Å². The van der Waals surface area contributed by atoms with Crippen LogP contribution in [0.3, 0.4) is 0 Å². The van der Waals surface area contributed by atoms with E-state index >= 15 is 0 Å². The van der Waals surface area contributed by atoms with Crippen molar-refractivity contribution in [2.75, 3.05) is 19.0 Å². The molecule has 2 aromatic carbocycles. The highest BCUT2D eigenvalue weighted by molar-refractivity contribution is 5.83. The van der Waals surface area contributed by atoms with E-state index in [1.54, 1.807) is 0 Å². The number of H-pyrrole nitrogens is 1. The number of fused-ring (bicyclic) bond motifs is 2. The van der Waals surface area contributed by atoms with E-state index in [4.69, 9.17) is 23.6 Å². The van der Waals surface area contributed by atoms with E-state index in [1.165, 1.54) is 5.56 Å². The van der Waals surface area contributed by atoms with Gasteiger partial charge in [0.1, 0.15) is 11.0 Å². The summed E-state index contributed by atoms with van der Waals surface area (Å²) in [7, 11) is -0.869. The predicted molar refractivity (Wildman–Crippen MR) is 74.9 cm³/mol. The van der Waals surface area contributed by atoms with Crippen molar-refractivity contribution < 1.29 is 33.9 Å². The molecule has 0 unspecified atom stereocenters. The highest BCUT2D eigenvalue weighted by Crippen LogP contribution is 2.19. The lowest BCUT2D eigenvalue weighted by Crippen LogP contribution is -2.68. The summed E-state index contributed by atoms with van der Waals surface area (Å²) in [5.74, 6) is 0. The summed E-state index contributed by atoms with van der Waals surface area (Å²) in [6, 6.07) is 12.6. The fourth-order valence-corrected chi connectivity index (χ4v) is 2.11. The van der Waals surface area contributed by atoms with Crippen molar-refractivity contribution in [3.8, 4) is 0 Å². The van der Waals surface area contributed by atoms with Crippen LogP contribution in [0.4, 0.5) is 5.69 Å². The number of nitrogens with zero attached hydrogens (tertiary/aromatic N) is 2. The first-order chi connectivity index (χ1) is 10.6. The molecule has 7 nitrogen and oxygen atoms in total. The van der Waals surface area contributed by atoms with Crippen LogP contribution in [0.2, 0.25) is 0 Å². The molecule has 0 bridgehead atoms. The van der Waals surface area contributed by atoms with E-state index in [-0.39, 0.29) is 0 Å². The van der Waals surface area contributed by atoms with Gasteiger partial charge in [0.25, 0.3) is 0 Å². The number of hydrogen-bond donors (Lipinski definition) is 0. The maximum absolute atomic E-state index is 8.49. The number of aryl methyl sites for hydroxylation is 1. The third kappa shape index (κ3) is 4.98. The van der Waals surface area contributed by atoms with Crippen LogP contribution in [0.15, 0.2) is 36.4 Å². The Hall–Kier alpha value is -2.03. The van der Waals surface area contributed by atoms with Gasteiger partial charge in [-0.05, 0) is 30.7 Å². The summed E-state index contributed by atoms with van der Waals surface area (Å²) >= 11 is 0. The van der Waals surface area contributed by atoms with E-state index in [9.17, 15) is 0 Å². The quantitative estimate of drug-likeness (QED) is 0.465. The Morgan fingerprint density at radius 2 is 1.43 bits per heavy atom. The lowest BCUT2D eigenvalue weighted by molar-refractivity contribution is -2.00. The van der Waals surface area contributed by atoms with Crippen molar-refractivity contribution in [2.24, 2.45) is 0 Å². The van der Waals surface area contributed by atoms with Gasteiger partial charge in [0.15, 0.2) is 0 Å². The SMILES string of the molecule is Cc1ccc2[nH+]c3ccc(N(C)C)cc3nc2c1.[O-][Cl+3]([O-])([O-])[O-]. The molecule has 0 fully saturated rings. The molecule has 0 amide bonds. The van der Waals surface area contributed by atoms with Crippen molar-refractivity contribution in [1.82, 2.24) is 4.98 Å². The number of anilines is 1. The van der Waals surface area contributed by atoms with E-state index in [1.807, 2.05) is 14.1 Å². The Bertz CT molecular complexity index is 828. The van der Waals surface area contributed by atoms with Crippen molar-refractivity contribution in [3.05, 3.63) is 42.0 Å². The number of hydrogen-bond acceptors (Lipinski definition) is 6. The minimum atomic E-state index is -4.94. The second-order valence-electron chi connectivity index (χ2n) is 5.23. The first-order valence-corrected chi connectivity index (χ1v) is 7.89. The molecule has 0 spiro atoms. The van der Waals surface area contributed by atoms with Gasteiger partial charge in [0, 0.05) is 31.9 Å². The molecule has 0 radical (unpaired) electrons. The molecule has 122 valence electrons. The van der Waals surface area contributed by atoms with Crippen LogP contribution in [-0.2, 0) is 0 Å². The van der Waals surface area contributed by atoms with Crippen LogP contribution in [0.25, 0.3) is 22.1 Å². The number of aromatic nitrogens is 2. The molecule has 0 atom stereocenters. The lowest BCUT2D eigenvalue weighted by Gasteiger charge is -2.17. The first kappa shape index (κ1) is 17.3. The van der Waals surface area contributed by atoms with Crippen molar-refractivity contribution in [1.29, 1.82) is 0 Å². The highest BCUT2D eigenvalue weighted by atomic mass is 35.7. The number of rotatable bonds is 1. The Kier molecular flexibility index (Phi) is 4.98. The minimum Gasteiger partial charge on any atom is -0.378 e. The fourth-order valence-electron chi connectivity index (χ4n) is 2.11. The van der Waals surface area contributed by atoms with E-state index in [0.717, 1.165) is 27.8 Å². The zero-order valence-corrected chi connectivity index (χ0v) is 13.6. The summed E-state index contributed by atoms with van der Waals surface area (Å²) < 4.78 is 34.0. The maximum Gasteiger partial charge on any atom is 0.230 e. The van der Waals surface area contributed by atoms with Gasteiger partial charge in [0.05, 0.1) is 0 Å². The van der Waals surface area contributed by atoms with Crippen molar-refractivity contribution >= 4 is 27.8 Å². The molecule has 1 N–H and O–H groups in total. The molecule has 8 heteroatoms. The van der Waals surface area contributed by atoms with Crippen LogP contribution < -0.4 is 28.5 Å². The van der Waals surface area contributed by atoms with Crippen molar-refractivity contribution in [3.63, 3.8) is 0 Å². The van der Waals surface area contributed by atoms with Gasteiger partial charge < -0.3 is 4.90 Å². The van der Waals surface area contributed by atoms with Gasteiger partial charge in [-0.15, -0.1) is 10.2 Å². The summed E-state index contributed by atoms with van der Waals surface area (Å²) in [4.78, 5) is 10.2. The van der Waals surface area contributed by atoms with Crippen LogP contribution >= 0.6 is 0 Å². The van der Waals surface area contributed by atoms with Crippen LogP contribution in [0.1, 0.15) is 5.56 Å². The molecule has 23 heavy (non-hydrogen) atoms. The number of halogens is 1. The Morgan fingerprint density at radius 1 is 0.913 bits per heavy atom. The fraction of sp³-hybridized carbons (Fsp3) is 0.200. The summed E-state index contributed by atoms with van der Waals surface area (Å²) in [5, 5.41) is 0. The van der Waals surface area contributed by atoms with Crippen LogP contribution in [0.5, 0.6) is 0 Å².